The molecule has 1 aliphatic carbocycles. The molecule has 0 spiro atoms. The van der Waals surface area contributed by atoms with E-state index in [2.05, 4.69) is 29.6 Å². The van der Waals surface area contributed by atoms with Gasteiger partial charge in [-0.3, -0.25) is 4.79 Å². The summed E-state index contributed by atoms with van der Waals surface area (Å²) in [5.41, 5.74) is 1.37. The number of benzene rings is 1. The van der Waals surface area contributed by atoms with Gasteiger partial charge >= 0.3 is 0 Å². The fraction of sp³-hybridized carbons (Fsp3) is 0.632. The van der Waals surface area contributed by atoms with Crippen LogP contribution in [0, 0.1) is 5.92 Å². The molecule has 2 aliphatic rings. The van der Waals surface area contributed by atoms with Gasteiger partial charge in [-0.25, -0.2) is 8.42 Å². The number of nitrogens with one attached hydrogen (secondary N) is 1. The van der Waals surface area contributed by atoms with Crippen molar-refractivity contribution in [2.45, 2.75) is 50.5 Å². The van der Waals surface area contributed by atoms with E-state index in [0.29, 0.717) is 19.0 Å². The summed E-state index contributed by atoms with van der Waals surface area (Å²) in [6.07, 6.45) is 6.85. The third kappa shape index (κ3) is 4.61. The first-order valence-corrected chi connectivity index (χ1v) is 11.1. The van der Waals surface area contributed by atoms with Crippen molar-refractivity contribution in [3.63, 3.8) is 0 Å². The van der Waals surface area contributed by atoms with Crippen LogP contribution >= 0.6 is 0 Å². The van der Waals surface area contributed by atoms with Crippen molar-refractivity contribution < 1.29 is 13.2 Å². The van der Waals surface area contributed by atoms with Crippen molar-refractivity contribution in [3.8, 4) is 0 Å². The van der Waals surface area contributed by atoms with Crippen LogP contribution in [0.4, 0.5) is 0 Å². The molecule has 1 aromatic carbocycles. The van der Waals surface area contributed by atoms with Crippen LogP contribution in [-0.4, -0.2) is 44.0 Å². The Morgan fingerprint density at radius 2 is 1.80 bits per heavy atom. The Labute approximate surface area is 150 Å². The van der Waals surface area contributed by atoms with Crippen molar-refractivity contribution in [2.24, 2.45) is 5.92 Å². The highest BCUT2D eigenvalue weighted by Crippen LogP contribution is 2.35. The van der Waals surface area contributed by atoms with E-state index >= 15 is 0 Å². The van der Waals surface area contributed by atoms with Crippen LogP contribution in [0.5, 0.6) is 0 Å². The van der Waals surface area contributed by atoms with Crippen LogP contribution in [-0.2, 0) is 14.8 Å². The number of rotatable bonds is 5. The molecule has 0 unspecified atom stereocenters. The molecule has 1 saturated heterocycles. The Morgan fingerprint density at radius 1 is 1.12 bits per heavy atom. The molecule has 1 saturated carbocycles. The second-order valence-corrected chi connectivity index (χ2v) is 9.31. The number of carbonyl (C=O) groups is 1. The largest absolute Gasteiger partial charge is 0.354 e. The molecule has 1 N–H and O–H groups in total. The zero-order chi connectivity index (χ0) is 17.9. The van der Waals surface area contributed by atoms with E-state index in [1.54, 1.807) is 0 Å². The Hall–Kier alpha value is -1.40. The highest BCUT2D eigenvalue weighted by Gasteiger charge is 2.32. The van der Waals surface area contributed by atoms with E-state index in [0.717, 1.165) is 38.5 Å². The molecule has 1 aliphatic heterocycles. The molecule has 2 fully saturated rings. The van der Waals surface area contributed by atoms with Gasteiger partial charge in [-0.1, -0.05) is 30.3 Å². The number of hydrogen-bond donors (Lipinski definition) is 1. The molecular formula is C19H28N2O3S. The first-order valence-electron chi connectivity index (χ1n) is 9.24. The molecule has 25 heavy (non-hydrogen) atoms. The summed E-state index contributed by atoms with van der Waals surface area (Å²) < 4.78 is 25.1. The van der Waals surface area contributed by atoms with E-state index in [4.69, 9.17) is 0 Å². The SMILES string of the molecule is CS(=O)(=O)N1CCC[C@@H]1CNC(=O)C1CCC(c2ccccc2)CC1. The molecule has 6 heteroatoms. The molecule has 0 bridgehead atoms. The van der Waals surface area contributed by atoms with E-state index in [1.807, 2.05) is 6.07 Å². The fourth-order valence-electron chi connectivity index (χ4n) is 4.23. The first-order chi connectivity index (χ1) is 11.9. The Kier molecular flexibility index (Phi) is 5.79. The number of nitrogens with zero attached hydrogens (tertiary/aromatic N) is 1. The highest BCUT2D eigenvalue weighted by atomic mass is 32.2. The minimum Gasteiger partial charge on any atom is -0.354 e. The monoisotopic (exact) mass is 364 g/mol. The summed E-state index contributed by atoms with van der Waals surface area (Å²) in [6.45, 7) is 1.01. The van der Waals surface area contributed by atoms with Gasteiger partial charge in [0.1, 0.15) is 0 Å². The van der Waals surface area contributed by atoms with Crippen LogP contribution in [0.3, 0.4) is 0 Å². The Morgan fingerprint density at radius 3 is 2.44 bits per heavy atom. The summed E-state index contributed by atoms with van der Waals surface area (Å²) >= 11 is 0. The van der Waals surface area contributed by atoms with Gasteiger partial charge in [0.05, 0.1) is 6.26 Å². The van der Waals surface area contributed by atoms with Crippen molar-refractivity contribution in [3.05, 3.63) is 35.9 Å². The predicted octanol–water partition coefficient (Wildman–Crippen LogP) is 2.50. The van der Waals surface area contributed by atoms with Crippen LogP contribution in [0.25, 0.3) is 0 Å². The summed E-state index contributed by atoms with van der Waals surface area (Å²) in [5, 5.41) is 3.01. The molecule has 1 heterocycles. The maximum atomic E-state index is 12.5. The highest BCUT2D eigenvalue weighted by molar-refractivity contribution is 7.88. The molecule has 138 valence electrons. The third-order valence-electron chi connectivity index (χ3n) is 5.63. The maximum absolute atomic E-state index is 12.5. The topological polar surface area (TPSA) is 66.5 Å². The lowest BCUT2D eigenvalue weighted by Crippen LogP contribution is -2.44. The number of sulfonamides is 1. The van der Waals surface area contributed by atoms with Gasteiger partial charge < -0.3 is 5.32 Å². The first kappa shape index (κ1) is 18.4. The van der Waals surface area contributed by atoms with Crippen molar-refractivity contribution in [1.29, 1.82) is 0 Å². The molecular weight excluding hydrogens is 336 g/mol. The summed E-state index contributed by atoms with van der Waals surface area (Å²) in [5.74, 6) is 0.709. The minimum atomic E-state index is -3.18. The van der Waals surface area contributed by atoms with Gasteiger partial charge in [0.25, 0.3) is 0 Å². The molecule has 0 aromatic heterocycles. The standard InChI is InChI=1S/C19H28N2O3S/c1-25(23,24)21-13-5-8-18(21)14-20-19(22)17-11-9-16(10-12-17)15-6-3-2-4-7-15/h2-4,6-7,16-18H,5,8-14H2,1H3,(H,20,22)/t16?,17?,18-/m1/s1. The van der Waals surface area contributed by atoms with Crippen molar-refractivity contribution in [1.82, 2.24) is 9.62 Å². The predicted molar refractivity (Wildman–Crippen MR) is 98.7 cm³/mol. The van der Waals surface area contributed by atoms with Gasteiger partial charge in [-0.2, -0.15) is 4.31 Å². The van der Waals surface area contributed by atoms with Gasteiger partial charge in [0, 0.05) is 25.0 Å². The summed E-state index contributed by atoms with van der Waals surface area (Å²) in [4.78, 5) is 12.5. The van der Waals surface area contributed by atoms with E-state index < -0.39 is 10.0 Å². The number of hydrogen-bond acceptors (Lipinski definition) is 3. The molecule has 1 atom stereocenters. The van der Waals surface area contributed by atoms with Crippen LogP contribution in [0.2, 0.25) is 0 Å². The molecule has 1 aromatic rings. The van der Waals surface area contributed by atoms with Gasteiger partial charge in [-0.05, 0) is 50.0 Å². The Balaban J connectivity index is 1.47. The quantitative estimate of drug-likeness (QED) is 0.873. The minimum absolute atomic E-state index is 0.0630. The maximum Gasteiger partial charge on any atom is 0.223 e. The smallest absolute Gasteiger partial charge is 0.223 e. The lowest BCUT2D eigenvalue weighted by atomic mass is 9.78. The van der Waals surface area contributed by atoms with Gasteiger partial charge in [0.2, 0.25) is 15.9 Å². The summed E-state index contributed by atoms with van der Waals surface area (Å²) in [6, 6.07) is 10.4. The van der Waals surface area contributed by atoms with Crippen LogP contribution < -0.4 is 5.32 Å². The lowest BCUT2D eigenvalue weighted by molar-refractivity contribution is -0.126. The van der Waals surface area contributed by atoms with Crippen molar-refractivity contribution in [2.75, 3.05) is 19.3 Å². The number of carbonyl (C=O) groups excluding carboxylic acids is 1. The number of amides is 1. The average Bonchev–Trinajstić information content (AvgIpc) is 3.10. The van der Waals surface area contributed by atoms with E-state index in [1.165, 1.54) is 16.1 Å². The zero-order valence-corrected chi connectivity index (χ0v) is 15.7. The lowest BCUT2D eigenvalue weighted by Gasteiger charge is -2.29. The van der Waals surface area contributed by atoms with Crippen LogP contribution in [0.15, 0.2) is 30.3 Å². The zero-order valence-electron chi connectivity index (χ0n) is 14.9. The summed E-state index contributed by atoms with van der Waals surface area (Å²) in [7, 11) is -3.18. The second-order valence-electron chi connectivity index (χ2n) is 7.37. The third-order valence-corrected chi connectivity index (χ3v) is 6.96. The molecule has 3 rings (SSSR count). The van der Waals surface area contributed by atoms with Gasteiger partial charge in [0.15, 0.2) is 0 Å². The Bertz CT molecular complexity index is 682. The van der Waals surface area contributed by atoms with E-state index in [-0.39, 0.29) is 17.9 Å². The molecule has 1 amide bonds. The molecule has 0 radical (unpaired) electrons. The second kappa shape index (κ2) is 7.87. The normalized spacial score (nSPS) is 28.0. The van der Waals surface area contributed by atoms with Gasteiger partial charge in [-0.15, -0.1) is 0 Å². The average molecular weight is 365 g/mol. The fourth-order valence-corrected chi connectivity index (χ4v) is 5.41. The molecule has 5 nitrogen and oxygen atoms in total. The van der Waals surface area contributed by atoms with Crippen LogP contribution in [0.1, 0.15) is 50.0 Å². The van der Waals surface area contributed by atoms with E-state index in [9.17, 15) is 13.2 Å². The van der Waals surface area contributed by atoms with Crippen molar-refractivity contribution >= 4 is 15.9 Å².